The maximum absolute atomic E-state index is 10.8. The van der Waals surface area contributed by atoms with Crippen molar-refractivity contribution in [1.29, 1.82) is 5.41 Å². The third-order valence-corrected chi connectivity index (χ3v) is 4.95. The van der Waals surface area contributed by atoms with Crippen molar-refractivity contribution in [2.24, 2.45) is 0 Å². The Labute approximate surface area is 167 Å². The van der Waals surface area contributed by atoms with Crippen LogP contribution in [0, 0.1) is 12.3 Å². The highest BCUT2D eigenvalue weighted by molar-refractivity contribution is 5.98. The molecule has 7 heteroatoms. The zero-order valence-corrected chi connectivity index (χ0v) is 15.9. The molecule has 2 aromatic carbocycles. The molecule has 2 heterocycles. The van der Waals surface area contributed by atoms with E-state index in [0.717, 1.165) is 33.3 Å². The molecule has 0 fully saturated rings. The van der Waals surface area contributed by atoms with Crippen LogP contribution < -0.4 is 16.8 Å². The second-order valence-electron chi connectivity index (χ2n) is 6.98. The molecule has 0 saturated heterocycles. The fourth-order valence-corrected chi connectivity index (χ4v) is 3.36. The summed E-state index contributed by atoms with van der Waals surface area (Å²) in [6.45, 7) is 2.00. The molecule has 0 aliphatic carbocycles. The van der Waals surface area contributed by atoms with E-state index in [2.05, 4.69) is 15.3 Å². The summed E-state index contributed by atoms with van der Waals surface area (Å²) in [5.74, 6) is 0.419. The molecular formula is C22H22N6O. The van der Waals surface area contributed by atoms with E-state index in [1.54, 1.807) is 12.3 Å². The van der Waals surface area contributed by atoms with Crippen molar-refractivity contribution in [1.82, 2.24) is 9.97 Å². The van der Waals surface area contributed by atoms with Crippen LogP contribution in [0.1, 0.15) is 22.9 Å². The van der Waals surface area contributed by atoms with Gasteiger partial charge in [-0.25, -0.2) is 4.98 Å². The number of aryl methyl sites for hydroxylation is 1. The van der Waals surface area contributed by atoms with E-state index in [4.69, 9.17) is 16.9 Å². The average molecular weight is 386 g/mol. The van der Waals surface area contributed by atoms with Crippen LogP contribution in [0.3, 0.4) is 0 Å². The lowest BCUT2D eigenvalue weighted by Gasteiger charge is -2.19. The van der Waals surface area contributed by atoms with Gasteiger partial charge >= 0.3 is 0 Å². The molecule has 2 aromatic heterocycles. The number of hydrogen-bond donors (Lipinski definition) is 6. The number of H-pyrrole nitrogens is 1. The Hall–Kier alpha value is -3.84. The second-order valence-corrected chi connectivity index (χ2v) is 6.98. The Morgan fingerprint density at radius 3 is 2.66 bits per heavy atom. The number of nitrogen functional groups attached to an aromatic ring is 2. The zero-order chi connectivity index (χ0) is 20.5. The average Bonchev–Trinajstić information content (AvgIpc) is 3.13. The van der Waals surface area contributed by atoms with Crippen LogP contribution in [-0.4, -0.2) is 21.3 Å². The maximum atomic E-state index is 10.8. The van der Waals surface area contributed by atoms with Crippen LogP contribution in [0.25, 0.3) is 22.0 Å². The molecule has 0 spiro atoms. The summed E-state index contributed by atoms with van der Waals surface area (Å²) in [7, 11) is 0. The van der Waals surface area contributed by atoms with Gasteiger partial charge in [-0.05, 0) is 42.8 Å². The van der Waals surface area contributed by atoms with Gasteiger partial charge in [-0.1, -0.05) is 17.7 Å². The van der Waals surface area contributed by atoms with Crippen molar-refractivity contribution in [3.05, 3.63) is 71.5 Å². The van der Waals surface area contributed by atoms with Crippen LogP contribution in [-0.2, 0) is 0 Å². The molecule has 8 N–H and O–H groups in total. The first kappa shape index (κ1) is 18.5. The van der Waals surface area contributed by atoms with Gasteiger partial charge in [0.05, 0.1) is 11.7 Å². The number of pyridine rings is 1. The monoisotopic (exact) mass is 386 g/mol. The Morgan fingerprint density at radius 1 is 1.17 bits per heavy atom. The van der Waals surface area contributed by atoms with Crippen molar-refractivity contribution >= 4 is 34.3 Å². The molecule has 0 bridgehead atoms. The molecule has 0 aliphatic heterocycles. The number of nitrogens with one attached hydrogen (secondary N) is 3. The maximum Gasteiger partial charge on any atom is 0.152 e. The van der Waals surface area contributed by atoms with E-state index in [1.165, 1.54) is 6.21 Å². The highest BCUT2D eigenvalue weighted by atomic mass is 16.3. The van der Waals surface area contributed by atoms with Gasteiger partial charge in [0.2, 0.25) is 0 Å². The van der Waals surface area contributed by atoms with Crippen molar-refractivity contribution < 1.29 is 5.11 Å². The van der Waals surface area contributed by atoms with Crippen LogP contribution >= 0.6 is 0 Å². The van der Waals surface area contributed by atoms with Crippen molar-refractivity contribution in [3.63, 3.8) is 0 Å². The van der Waals surface area contributed by atoms with Crippen LogP contribution in [0.2, 0.25) is 0 Å². The number of nitrogens with two attached hydrogens (primary N) is 2. The van der Waals surface area contributed by atoms with Gasteiger partial charge in [0.25, 0.3) is 0 Å². The number of nitrogens with zero attached hydrogens (tertiary/aromatic N) is 1. The molecule has 1 unspecified atom stereocenters. The van der Waals surface area contributed by atoms with Crippen molar-refractivity contribution in [2.75, 3.05) is 16.8 Å². The minimum atomic E-state index is -1.03. The Balaban J connectivity index is 1.79. The highest BCUT2D eigenvalue weighted by Crippen LogP contribution is 2.35. The molecule has 0 radical (unpaired) electrons. The largest absolute Gasteiger partial charge is 0.398 e. The van der Waals surface area contributed by atoms with E-state index in [1.807, 2.05) is 49.5 Å². The van der Waals surface area contributed by atoms with Gasteiger partial charge < -0.3 is 32.3 Å². The lowest BCUT2D eigenvalue weighted by atomic mass is 9.97. The first-order valence-electron chi connectivity index (χ1n) is 9.14. The smallest absolute Gasteiger partial charge is 0.152 e. The molecule has 4 rings (SSSR count). The molecular weight excluding hydrogens is 364 g/mol. The number of rotatable bonds is 5. The van der Waals surface area contributed by atoms with E-state index >= 15 is 0 Å². The Morgan fingerprint density at radius 2 is 1.93 bits per heavy atom. The number of aromatic amines is 1. The summed E-state index contributed by atoms with van der Waals surface area (Å²) in [5, 5.41) is 22.5. The van der Waals surface area contributed by atoms with Gasteiger partial charge in [-0.3, -0.25) is 0 Å². The number of aliphatic hydroxyl groups excluding tert-OH is 1. The number of hydrogen-bond acceptors (Lipinski definition) is 6. The normalized spacial score (nSPS) is 12.1. The molecule has 0 aliphatic rings. The fraction of sp³-hybridized carbons (Fsp3) is 0.0909. The molecule has 7 nitrogen and oxygen atoms in total. The molecule has 1 atom stereocenters. The van der Waals surface area contributed by atoms with E-state index in [-0.39, 0.29) is 0 Å². The molecule has 0 amide bonds. The summed E-state index contributed by atoms with van der Waals surface area (Å²) in [6, 6.07) is 13.2. The van der Waals surface area contributed by atoms with E-state index < -0.39 is 6.23 Å². The van der Waals surface area contributed by atoms with Crippen LogP contribution in [0.15, 0.2) is 54.9 Å². The lowest BCUT2D eigenvalue weighted by Crippen LogP contribution is -2.13. The molecule has 4 aromatic rings. The zero-order valence-electron chi connectivity index (χ0n) is 15.9. The molecule has 0 saturated carbocycles. The Kier molecular flexibility index (Phi) is 4.66. The third kappa shape index (κ3) is 3.51. The number of benzene rings is 2. The summed E-state index contributed by atoms with van der Waals surface area (Å²) in [5.41, 5.74) is 17.9. The summed E-state index contributed by atoms with van der Waals surface area (Å²) < 4.78 is 0. The first-order chi connectivity index (χ1) is 14.0. The number of anilines is 3. The minimum absolute atomic E-state index is 0.358. The van der Waals surface area contributed by atoms with Gasteiger partial charge in [-0.15, -0.1) is 0 Å². The van der Waals surface area contributed by atoms with Crippen molar-refractivity contribution in [2.45, 2.75) is 13.2 Å². The van der Waals surface area contributed by atoms with Crippen LogP contribution in [0.4, 0.5) is 17.2 Å². The van der Waals surface area contributed by atoms with E-state index in [9.17, 15) is 5.11 Å². The standard InChI is InChI=1S/C22H22N6O/c1-12-2-4-15(5-3-12)28-22(29)17-7-13(6-14(9-23)21(17)25)18-10-26-19-11-27-20(24)8-16(18)19/h2-11,22-23,26,28-29H,25H2,1H3,(H2,24,27). The SMILES string of the molecule is Cc1ccc(NC(O)c2cc(-c3c[nH]c4cnc(N)cc34)cc(C=N)c2N)cc1. The highest BCUT2D eigenvalue weighted by Gasteiger charge is 2.17. The lowest BCUT2D eigenvalue weighted by molar-refractivity contribution is 0.209. The second kappa shape index (κ2) is 7.29. The predicted octanol–water partition coefficient (Wildman–Crippen LogP) is 3.80. The number of aromatic nitrogens is 2. The van der Waals surface area contributed by atoms with Gasteiger partial charge in [0.1, 0.15) is 5.82 Å². The number of fused-ring (bicyclic) bond motifs is 1. The van der Waals surface area contributed by atoms with Gasteiger partial charge in [-0.2, -0.15) is 0 Å². The fourth-order valence-electron chi connectivity index (χ4n) is 3.36. The van der Waals surface area contributed by atoms with Gasteiger partial charge in [0.15, 0.2) is 6.23 Å². The summed E-state index contributed by atoms with van der Waals surface area (Å²) >= 11 is 0. The topological polar surface area (TPSA) is 137 Å². The van der Waals surface area contributed by atoms with Crippen molar-refractivity contribution in [3.8, 4) is 11.1 Å². The molecule has 146 valence electrons. The third-order valence-electron chi connectivity index (χ3n) is 4.95. The summed E-state index contributed by atoms with van der Waals surface area (Å²) in [4.78, 5) is 7.28. The number of aliphatic hydroxyl groups is 1. The Bertz CT molecular complexity index is 1200. The first-order valence-corrected chi connectivity index (χ1v) is 9.14. The molecule has 29 heavy (non-hydrogen) atoms. The minimum Gasteiger partial charge on any atom is -0.398 e. The van der Waals surface area contributed by atoms with E-state index in [0.29, 0.717) is 22.6 Å². The van der Waals surface area contributed by atoms with Crippen LogP contribution in [0.5, 0.6) is 0 Å². The quantitative estimate of drug-likeness (QED) is 0.176. The predicted molar refractivity (Wildman–Crippen MR) is 118 cm³/mol. The van der Waals surface area contributed by atoms with Gasteiger partial charge in [0, 0.05) is 45.9 Å². The summed E-state index contributed by atoms with van der Waals surface area (Å²) in [6.07, 6.45) is 3.69.